The quantitative estimate of drug-likeness (QED) is 0.534. The van der Waals surface area contributed by atoms with Crippen LogP contribution in [0.4, 0.5) is 0 Å². The highest BCUT2D eigenvalue weighted by Crippen LogP contribution is 2.28. The van der Waals surface area contributed by atoms with E-state index >= 15 is 0 Å². The summed E-state index contributed by atoms with van der Waals surface area (Å²) in [6.45, 7) is 3.60. The second-order valence-corrected chi connectivity index (χ2v) is 3.25. The second kappa shape index (κ2) is 2.40. The summed E-state index contributed by atoms with van der Waals surface area (Å²) in [6.07, 6.45) is 5.53. The normalized spacial score (nSPS) is 39.6. The van der Waals surface area contributed by atoms with Gasteiger partial charge in [-0.15, -0.1) is 11.6 Å². The Hall–Kier alpha value is -0.270. The van der Waals surface area contributed by atoms with Gasteiger partial charge in [-0.3, -0.25) is 0 Å². The van der Waals surface area contributed by atoms with Crippen molar-refractivity contribution in [2.75, 3.05) is 0 Å². The van der Waals surface area contributed by atoms with Gasteiger partial charge in [-0.05, 0) is 19.4 Å². The molecule has 0 bridgehead atoms. The lowest BCUT2D eigenvalue weighted by Crippen LogP contribution is -2.36. The molecular formula is C8H11ClO. The minimum atomic E-state index is -0.865. The number of halogens is 1. The Morgan fingerprint density at radius 3 is 2.70 bits per heavy atom. The molecule has 1 rings (SSSR count). The molecule has 0 fully saturated rings. The molecule has 0 saturated heterocycles. The summed E-state index contributed by atoms with van der Waals surface area (Å²) < 4.78 is 0. The Balaban J connectivity index is 2.93. The fourth-order valence-electron chi connectivity index (χ4n) is 0.871. The zero-order valence-electron chi connectivity index (χ0n) is 6.13. The van der Waals surface area contributed by atoms with E-state index in [9.17, 15) is 5.11 Å². The van der Waals surface area contributed by atoms with Crippen LogP contribution in [0.3, 0.4) is 0 Å². The number of hydrogen-bond acceptors (Lipinski definition) is 1. The van der Waals surface area contributed by atoms with Crippen LogP contribution in [0.1, 0.15) is 13.8 Å². The van der Waals surface area contributed by atoms with Crippen LogP contribution in [0, 0.1) is 0 Å². The van der Waals surface area contributed by atoms with Crippen LogP contribution >= 0.6 is 11.6 Å². The standard InChI is InChI=1S/C8H11ClO/c1-6-4-3-5-7(9)8(6,2)10/h3-5,7,10H,1-2H3. The molecule has 1 N–H and O–H groups in total. The summed E-state index contributed by atoms with van der Waals surface area (Å²) in [4.78, 5) is 0. The van der Waals surface area contributed by atoms with Gasteiger partial charge in [0, 0.05) is 0 Å². The molecule has 0 aromatic rings. The van der Waals surface area contributed by atoms with Gasteiger partial charge in [-0.25, -0.2) is 0 Å². The van der Waals surface area contributed by atoms with Crippen LogP contribution in [0.2, 0.25) is 0 Å². The van der Waals surface area contributed by atoms with Crippen LogP contribution < -0.4 is 0 Å². The van der Waals surface area contributed by atoms with Crippen LogP contribution in [0.15, 0.2) is 23.8 Å². The molecule has 1 aliphatic carbocycles. The Morgan fingerprint density at radius 2 is 2.30 bits per heavy atom. The van der Waals surface area contributed by atoms with Crippen molar-refractivity contribution in [2.24, 2.45) is 0 Å². The van der Waals surface area contributed by atoms with Crippen LogP contribution in [-0.4, -0.2) is 16.1 Å². The lowest BCUT2D eigenvalue weighted by Gasteiger charge is -2.29. The Bertz CT molecular complexity index is 191. The molecule has 2 heteroatoms. The summed E-state index contributed by atoms with van der Waals surface area (Å²) in [5.41, 5.74) is 0.0473. The van der Waals surface area contributed by atoms with Crippen molar-refractivity contribution >= 4 is 11.6 Å². The van der Waals surface area contributed by atoms with Gasteiger partial charge < -0.3 is 5.11 Å². The van der Waals surface area contributed by atoms with E-state index < -0.39 is 5.60 Å². The van der Waals surface area contributed by atoms with Crippen molar-refractivity contribution in [3.05, 3.63) is 23.8 Å². The summed E-state index contributed by atoms with van der Waals surface area (Å²) in [5.74, 6) is 0. The first-order chi connectivity index (χ1) is 4.55. The molecule has 1 nitrogen and oxygen atoms in total. The lowest BCUT2D eigenvalue weighted by atomic mass is 9.89. The monoisotopic (exact) mass is 158 g/mol. The van der Waals surface area contributed by atoms with Crippen molar-refractivity contribution < 1.29 is 5.11 Å². The van der Waals surface area contributed by atoms with Crippen LogP contribution in [-0.2, 0) is 0 Å². The van der Waals surface area contributed by atoms with E-state index in [4.69, 9.17) is 11.6 Å². The Kier molecular flexibility index (Phi) is 1.88. The molecule has 0 heterocycles. The first-order valence-electron chi connectivity index (χ1n) is 3.27. The van der Waals surface area contributed by atoms with Crippen LogP contribution in [0.5, 0.6) is 0 Å². The molecule has 0 aromatic carbocycles. The molecule has 2 unspecified atom stereocenters. The summed E-state index contributed by atoms with van der Waals surface area (Å²) in [6, 6.07) is 0. The van der Waals surface area contributed by atoms with Gasteiger partial charge >= 0.3 is 0 Å². The molecule has 0 aliphatic heterocycles. The largest absolute Gasteiger partial charge is 0.384 e. The molecule has 1 aliphatic rings. The van der Waals surface area contributed by atoms with E-state index in [1.165, 1.54) is 0 Å². The summed E-state index contributed by atoms with van der Waals surface area (Å²) >= 11 is 5.83. The average Bonchev–Trinajstić information content (AvgIpc) is 1.84. The van der Waals surface area contributed by atoms with E-state index in [0.29, 0.717) is 0 Å². The second-order valence-electron chi connectivity index (χ2n) is 2.78. The topological polar surface area (TPSA) is 20.2 Å². The molecule has 10 heavy (non-hydrogen) atoms. The zero-order valence-corrected chi connectivity index (χ0v) is 6.89. The van der Waals surface area contributed by atoms with Crippen molar-refractivity contribution in [3.8, 4) is 0 Å². The van der Waals surface area contributed by atoms with E-state index in [1.54, 1.807) is 13.0 Å². The van der Waals surface area contributed by atoms with E-state index in [1.807, 2.05) is 19.1 Å². The van der Waals surface area contributed by atoms with Gasteiger partial charge in [-0.2, -0.15) is 0 Å². The maximum absolute atomic E-state index is 9.66. The molecule has 0 saturated carbocycles. The SMILES string of the molecule is CC1=CC=CC(Cl)C1(C)O. The van der Waals surface area contributed by atoms with Gasteiger partial charge in [0.25, 0.3) is 0 Å². The first-order valence-corrected chi connectivity index (χ1v) is 3.71. The van der Waals surface area contributed by atoms with E-state index in [-0.39, 0.29) is 5.38 Å². The molecule has 0 aromatic heterocycles. The Labute approximate surface area is 66.0 Å². The molecule has 2 atom stereocenters. The fourth-order valence-corrected chi connectivity index (χ4v) is 1.13. The summed E-state index contributed by atoms with van der Waals surface area (Å²) in [5, 5.41) is 9.37. The smallest absolute Gasteiger partial charge is 0.103 e. The predicted octanol–water partition coefficient (Wildman–Crippen LogP) is 1.86. The number of hydrogen-bond donors (Lipinski definition) is 1. The number of aliphatic hydroxyl groups is 1. The maximum atomic E-state index is 9.66. The third-order valence-electron chi connectivity index (χ3n) is 1.96. The molecule has 56 valence electrons. The third kappa shape index (κ3) is 1.11. The lowest BCUT2D eigenvalue weighted by molar-refractivity contribution is 0.104. The maximum Gasteiger partial charge on any atom is 0.103 e. The molecular weight excluding hydrogens is 148 g/mol. The minimum Gasteiger partial charge on any atom is -0.384 e. The van der Waals surface area contributed by atoms with Gasteiger partial charge in [0.2, 0.25) is 0 Å². The highest BCUT2D eigenvalue weighted by Gasteiger charge is 2.31. The summed E-state index contributed by atoms with van der Waals surface area (Å²) in [7, 11) is 0. The van der Waals surface area contributed by atoms with E-state index in [2.05, 4.69) is 0 Å². The number of allylic oxidation sites excluding steroid dienone is 2. The first kappa shape index (κ1) is 7.83. The minimum absolute atomic E-state index is 0.294. The van der Waals surface area contributed by atoms with Crippen molar-refractivity contribution in [1.82, 2.24) is 0 Å². The molecule has 0 radical (unpaired) electrons. The van der Waals surface area contributed by atoms with Crippen molar-refractivity contribution in [3.63, 3.8) is 0 Å². The van der Waals surface area contributed by atoms with Gasteiger partial charge in [-0.1, -0.05) is 18.2 Å². The zero-order chi connectivity index (χ0) is 7.78. The fraction of sp³-hybridized carbons (Fsp3) is 0.500. The average molecular weight is 159 g/mol. The van der Waals surface area contributed by atoms with Crippen LogP contribution in [0.25, 0.3) is 0 Å². The highest BCUT2D eigenvalue weighted by atomic mass is 35.5. The van der Waals surface area contributed by atoms with Gasteiger partial charge in [0.05, 0.1) is 5.38 Å². The Morgan fingerprint density at radius 1 is 1.70 bits per heavy atom. The highest BCUT2D eigenvalue weighted by molar-refractivity contribution is 6.23. The van der Waals surface area contributed by atoms with Gasteiger partial charge in [0.1, 0.15) is 5.60 Å². The predicted molar refractivity (Wildman–Crippen MR) is 43.2 cm³/mol. The number of alkyl halides is 1. The molecule has 0 amide bonds. The van der Waals surface area contributed by atoms with Crippen molar-refractivity contribution in [2.45, 2.75) is 24.8 Å². The number of rotatable bonds is 0. The third-order valence-corrected chi connectivity index (χ3v) is 2.53. The van der Waals surface area contributed by atoms with Gasteiger partial charge in [0.15, 0.2) is 0 Å². The molecule has 0 spiro atoms. The van der Waals surface area contributed by atoms with E-state index in [0.717, 1.165) is 5.57 Å². The van der Waals surface area contributed by atoms with Crippen molar-refractivity contribution in [1.29, 1.82) is 0 Å².